The van der Waals surface area contributed by atoms with Crippen LogP contribution in [0.15, 0.2) is 48.5 Å². The van der Waals surface area contributed by atoms with Gasteiger partial charge < -0.3 is 5.32 Å². The lowest BCUT2D eigenvalue weighted by Gasteiger charge is -2.41. The fourth-order valence-electron chi connectivity index (χ4n) is 3.69. The van der Waals surface area contributed by atoms with Crippen molar-refractivity contribution in [2.75, 3.05) is 12.8 Å². The Bertz CT molecular complexity index is 609. The van der Waals surface area contributed by atoms with Crippen LogP contribution >= 0.6 is 11.8 Å². The first-order valence-corrected chi connectivity index (χ1v) is 9.02. The highest BCUT2D eigenvalue weighted by Crippen LogP contribution is 2.46. The summed E-state index contributed by atoms with van der Waals surface area (Å²) in [6, 6.07) is 18.0. The van der Waals surface area contributed by atoms with Gasteiger partial charge in [-0.3, -0.25) is 0 Å². The largest absolute Gasteiger partial charge is 0.305 e. The Morgan fingerprint density at radius 1 is 1.00 bits per heavy atom. The fourth-order valence-corrected chi connectivity index (χ4v) is 4.61. The summed E-state index contributed by atoms with van der Waals surface area (Å²) in [4.78, 5) is 0. The van der Waals surface area contributed by atoms with Crippen LogP contribution in [0.1, 0.15) is 36.4 Å². The number of rotatable bonds is 4. The highest BCUT2D eigenvalue weighted by atomic mass is 32.2. The van der Waals surface area contributed by atoms with Crippen molar-refractivity contribution in [2.45, 2.75) is 30.1 Å². The maximum atomic E-state index is 3.87. The second-order valence-electron chi connectivity index (χ2n) is 6.23. The Hall–Kier alpha value is -1.25. The van der Waals surface area contributed by atoms with Crippen molar-refractivity contribution in [3.8, 4) is 11.1 Å². The molecule has 0 atom stereocenters. The molecular weight excluding hydrogens is 274 g/mol. The Morgan fingerprint density at radius 2 is 1.57 bits per heavy atom. The molecule has 1 nitrogen and oxygen atoms in total. The van der Waals surface area contributed by atoms with Crippen LogP contribution in [0, 0.1) is 0 Å². The molecule has 2 aliphatic rings. The summed E-state index contributed by atoms with van der Waals surface area (Å²) < 4.78 is 0.479. The lowest BCUT2D eigenvalue weighted by Crippen LogP contribution is -2.44. The molecule has 1 N–H and O–H groups in total. The van der Waals surface area contributed by atoms with Crippen molar-refractivity contribution < 1.29 is 0 Å². The molecule has 0 unspecified atom stereocenters. The first-order chi connectivity index (χ1) is 10.3. The lowest BCUT2D eigenvalue weighted by molar-refractivity contribution is 0.338. The Morgan fingerprint density at radius 3 is 2.05 bits per heavy atom. The number of hydrogen-bond acceptors (Lipinski definition) is 2. The van der Waals surface area contributed by atoms with E-state index in [0.29, 0.717) is 10.8 Å². The first-order valence-electron chi connectivity index (χ1n) is 7.80. The third-order valence-electron chi connectivity index (χ3n) is 5.16. The van der Waals surface area contributed by atoms with E-state index in [1.807, 2.05) is 11.8 Å². The standard InChI is InChI=1S/C19H21NS/c1-21-19(11-6-12-19)13-20-18-16-9-4-2-7-14(16)15-8-3-5-10-17(15)18/h2-5,7-10,18,20H,6,11-13H2,1H3. The summed E-state index contributed by atoms with van der Waals surface area (Å²) >= 11 is 2.04. The smallest absolute Gasteiger partial charge is 0.0589 e. The van der Waals surface area contributed by atoms with Crippen LogP contribution in [-0.2, 0) is 0 Å². The van der Waals surface area contributed by atoms with Crippen LogP contribution in [0.2, 0.25) is 0 Å². The fraction of sp³-hybridized carbons (Fsp3) is 0.368. The van der Waals surface area contributed by atoms with Gasteiger partial charge in [0.25, 0.3) is 0 Å². The summed E-state index contributed by atoms with van der Waals surface area (Å²) in [6.45, 7) is 1.11. The topological polar surface area (TPSA) is 12.0 Å². The van der Waals surface area contributed by atoms with Crippen LogP contribution in [0.25, 0.3) is 11.1 Å². The molecule has 21 heavy (non-hydrogen) atoms. The molecule has 2 aromatic carbocycles. The molecule has 0 bridgehead atoms. The molecule has 1 fully saturated rings. The zero-order chi connectivity index (χ0) is 14.3. The van der Waals surface area contributed by atoms with Gasteiger partial charge in [0.2, 0.25) is 0 Å². The molecule has 0 heterocycles. The van der Waals surface area contributed by atoms with Crippen molar-refractivity contribution in [2.24, 2.45) is 0 Å². The van der Waals surface area contributed by atoms with Crippen LogP contribution in [0.4, 0.5) is 0 Å². The molecule has 0 spiro atoms. The van der Waals surface area contributed by atoms with Crippen LogP contribution in [-0.4, -0.2) is 17.5 Å². The summed E-state index contributed by atoms with van der Waals surface area (Å²) in [5.41, 5.74) is 5.68. The minimum absolute atomic E-state index is 0.363. The quantitative estimate of drug-likeness (QED) is 0.882. The van der Waals surface area contributed by atoms with E-state index in [4.69, 9.17) is 0 Å². The maximum absolute atomic E-state index is 3.87. The molecule has 0 aromatic heterocycles. The average Bonchev–Trinajstić information content (AvgIpc) is 2.81. The Balaban J connectivity index is 1.65. The second kappa shape index (κ2) is 5.19. The molecular formula is C19H21NS. The van der Waals surface area contributed by atoms with E-state index < -0.39 is 0 Å². The third-order valence-corrected chi connectivity index (χ3v) is 6.58. The Kier molecular flexibility index (Phi) is 3.31. The number of nitrogens with one attached hydrogen (secondary N) is 1. The van der Waals surface area contributed by atoms with E-state index in [2.05, 4.69) is 60.1 Å². The molecule has 2 aliphatic carbocycles. The van der Waals surface area contributed by atoms with Gasteiger partial charge in [0.15, 0.2) is 0 Å². The van der Waals surface area contributed by atoms with E-state index in [1.165, 1.54) is 41.5 Å². The van der Waals surface area contributed by atoms with Crippen LogP contribution < -0.4 is 5.32 Å². The number of fused-ring (bicyclic) bond motifs is 3. The van der Waals surface area contributed by atoms with Gasteiger partial charge in [0.1, 0.15) is 0 Å². The number of benzene rings is 2. The minimum atomic E-state index is 0.363. The maximum Gasteiger partial charge on any atom is 0.0589 e. The molecule has 2 heteroatoms. The monoisotopic (exact) mass is 295 g/mol. The zero-order valence-corrected chi connectivity index (χ0v) is 13.2. The highest BCUT2D eigenvalue weighted by molar-refractivity contribution is 8.00. The predicted octanol–water partition coefficient (Wildman–Crippen LogP) is 4.63. The predicted molar refractivity (Wildman–Crippen MR) is 91.8 cm³/mol. The van der Waals surface area contributed by atoms with Crippen molar-refractivity contribution in [3.63, 3.8) is 0 Å². The van der Waals surface area contributed by atoms with Crippen LogP contribution in [0.3, 0.4) is 0 Å². The summed E-state index contributed by atoms with van der Waals surface area (Å²) in [6.07, 6.45) is 6.37. The third kappa shape index (κ3) is 2.13. The van der Waals surface area contributed by atoms with E-state index in [1.54, 1.807) is 0 Å². The van der Waals surface area contributed by atoms with Gasteiger partial charge in [-0.1, -0.05) is 55.0 Å². The van der Waals surface area contributed by atoms with E-state index in [9.17, 15) is 0 Å². The van der Waals surface area contributed by atoms with Crippen molar-refractivity contribution in [3.05, 3.63) is 59.7 Å². The van der Waals surface area contributed by atoms with Crippen molar-refractivity contribution in [1.29, 1.82) is 0 Å². The molecule has 4 rings (SSSR count). The molecule has 0 radical (unpaired) electrons. The lowest BCUT2D eigenvalue weighted by atomic mass is 9.84. The molecule has 0 amide bonds. The molecule has 0 aliphatic heterocycles. The molecule has 0 saturated heterocycles. The zero-order valence-electron chi connectivity index (χ0n) is 12.4. The molecule has 2 aromatic rings. The van der Waals surface area contributed by atoms with Crippen molar-refractivity contribution >= 4 is 11.8 Å². The minimum Gasteiger partial charge on any atom is -0.305 e. The van der Waals surface area contributed by atoms with E-state index >= 15 is 0 Å². The van der Waals surface area contributed by atoms with Gasteiger partial charge in [-0.25, -0.2) is 0 Å². The van der Waals surface area contributed by atoms with Gasteiger partial charge in [-0.15, -0.1) is 0 Å². The summed E-state index contributed by atoms with van der Waals surface area (Å²) in [5, 5.41) is 3.87. The van der Waals surface area contributed by atoms with Gasteiger partial charge in [-0.05, 0) is 41.4 Å². The highest BCUT2D eigenvalue weighted by Gasteiger charge is 2.37. The van der Waals surface area contributed by atoms with Gasteiger partial charge in [-0.2, -0.15) is 11.8 Å². The average molecular weight is 295 g/mol. The van der Waals surface area contributed by atoms with E-state index in [-0.39, 0.29) is 0 Å². The summed E-state index contributed by atoms with van der Waals surface area (Å²) in [5.74, 6) is 0. The van der Waals surface area contributed by atoms with Gasteiger partial charge >= 0.3 is 0 Å². The summed E-state index contributed by atoms with van der Waals surface area (Å²) in [7, 11) is 0. The van der Waals surface area contributed by atoms with Gasteiger partial charge in [0, 0.05) is 11.3 Å². The normalized spacial score (nSPS) is 18.9. The van der Waals surface area contributed by atoms with Crippen molar-refractivity contribution in [1.82, 2.24) is 5.32 Å². The molecule has 108 valence electrons. The Labute approximate surface area is 131 Å². The van der Waals surface area contributed by atoms with E-state index in [0.717, 1.165) is 6.54 Å². The SMILES string of the molecule is CSC1(CNC2c3ccccc3-c3ccccc32)CCC1. The number of thioether (sulfide) groups is 1. The van der Waals surface area contributed by atoms with Crippen LogP contribution in [0.5, 0.6) is 0 Å². The second-order valence-corrected chi connectivity index (χ2v) is 7.50. The first kappa shape index (κ1) is 13.4. The molecule has 1 saturated carbocycles. The number of hydrogen-bond donors (Lipinski definition) is 1. The van der Waals surface area contributed by atoms with Gasteiger partial charge in [0.05, 0.1) is 6.04 Å².